The van der Waals surface area contributed by atoms with Gasteiger partial charge in [-0.25, -0.2) is 4.98 Å². The molecule has 0 aliphatic rings. The summed E-state index contributed by atoms with van der Waals surface area (Å²) in [4.78, 5) is 8.81. The molecule has 0 aliphatic heterocycles. The zero-order valence-electron chi connectivity index (χ0n) is 12.0. The van der Waals surface area contributed by atoms with Gasteiger partial charge < -0.3 is 5.32 Å². The van der Waals surface area contributed by atoms with Crippen LogP contribution in [0.1, 0.15) is 19.5 Å². The molecule has 0 unspecified atom stereocenters. The first-order chi connectivity index (χ1) is 9.65. The van der Waals surface area contributed by atoms with E-state index in [0.717, 1.165) is 22.7 Å². The van der Waals surface area contributed by atoms with E-state index in [1.54, 1.807) is 0 Å². The van der Waals surface area contributed by atoms with Gasteiger partial charge >= 0.3 is 0 Å². The van der Waals surface area contributed by atoms with Crippen LogP contribution >= 0.6 is 0 Å². The highest BCUT2D eigenvalue weighted by Crippen LogP contribution is 2.25. The molecule has 0 saturated carbocycles. The van der Waals surface area contributed by atoms with Crippen molar-refractivity contribution in [3.8, 4) is 5.69 Å². The Bertz CT molecular complexity index is 738. The smallest absolute Gasteiger partial charge is 0.207 e. The van der Waals surface area contributed by atoms with Gasteiger partial charge in [-0.15, -0.1) is 0 Å². The fraction of sp³-hybridized carbons (Fsp3) is 0.250. The van der Waals surface area contributed by atoms with Gasteiger partial charge in [0.15, 0.2) is 0 Å². The van der Waals surface area contributed by atoms with E-state index in [9.17, 15) is 0 Å². The second kappa shape index (κ2) is 4.96. The Hall–Kier alpha value is -2.36. The summed E-state index contributed by atoms with van der Waals surface area (Å²) in [7, 11) is 0. The van der Waals surface area contributed by atoms with Crippen LogP contribution in [0.5, 0.6) is 0 Å². The molecule has 3 aromatic rings. The number of nitrogens with one attached hydrogen (secondary N) is 1. The molecule has 20 heavy (non-hydrogen) atoms. The number of benzene rings is 1. The number of imidazole rings is 1. The molecule has 0 aliphatic carbocycles. The number of nitrogens with zero attached hydrogens (tertiary/aromatic N) is 3. The van der Waals surface area contributed by atoms with Gasteiger partial charge in [0.25, 0.3) is 0 Å². The summed E-state index contributed by atoms with van der Waals surface area (Å²) in [6.45, 7) is 6.23. The van der Waals surface area contributed by atoms with Gasteiger partial charge in [-0.2, -0.15) is 0 Å². The molecule has 0 spiro atoms. The number of fused-ring (bicyclic) bond motifs is 1. The molecule has 2 aromatic heterocycles. The second-order valence-electron chi connectivity index (χ2n) is 5.25. The molecule has 0 saturated heterocycles. The third-order valence-corrected chi connectivity index (χ3v) is 3.16. The molecular formula is C16H18N4. The van der Waals surface area contributed by atoms with Crippen LogP contribution in [-0.4, -0.2) is 20.6 Å². The quantitative estimate of drug-likeness (QED) is 0.788. The summed E-state index contributed by atoms with van der Waals surface area (Å²) >= 11 is 0. The number of rotatable bonds is 3. The van der Waals surface area contributed by atoms with Crippen LogP contribution < -0.4 is 5.32 Å². The first-order valence-electron chi connectivity index (χ1n) is 6.81. The van der Waals surface area contributed by atoms with Gasteiger partial charge in [-0.1, -0.05) is 12.1 Å². The largest absolute Gasteiger partial charge is 0.353 e. The van der Waals surface area contributed by atoms with Crippen molar-refractivity contribution in [3.05, 3.63) is 48.5 Å². The summed E-state index contributed by atoms with van der Waals surface area (Å²) in [5.74, 6) is 0.869. The molecule has 3 rings (SSSR count). The molecule has 4 nitrogen and oxygen atoms in total. The zero-order valence-corrected chi connectivity index (χ0v) is 12.0. The van der Waals surface area contributed by atoms with Gasteiger partial charge in [0.05, 0.1) is 11.4 Å². The Morgan fingerprint density at radius 3 is 2.85 bits per heavy atom. The van der Waals surface area contributed by atoms with E-state index in [0.29, 0.717) is 6.04 Å². The Kier molecular flexibility index (Phi) is 3.14. The topological polar surface area (TPSA) is 42.7 Å². The molecule has 1 N–H and O–H groups in total. The summed E-state index contributed by atoms with van der Waals surface area (Å²) in [5.41, 5.74) is 2.09. The van der Waals surface area contributed by atoms with Crippen LogP contribution in [0.2, 0.25) is 0 Å². The average molecular weight is 266 g/mol. The highest BCUT2D eigenvalue weighted by molar-refractivity contribution is 5.89. The first kappa shape index (κ1) is 12.7. The average Bonchev–Trinajstić information content (AvgIpc) is 2.78. The Morgan fingerprint density at radius 2 is 2.05 bits per heavy atom. The molecule has 0 fully saturated rings. The maximum atomic E-state index is 4.57. The van der Waals surface area contributed by atoms with Gasteiger partial charge in [0.2, 0.25) is 5.95 Å². The molecular weight excluding hydrogens is 248 g/mol. The van der Waals surface area contributed by atoms with Gasteiger partial charge in [-0.05, 0) is 38.3 Å². The number of pyridine rings is 1. The van der Waals surface area contributed by atoms with Crippen molar-refractivity contribution in [1.82, 2.24) is 14.5 Å². The molecule has 4 heteroatoms. The normalized spacial score (nSPS) is 11.2. The van der Waals surface area contributed by atoms with Crippen molar-refractivity contribution in [1.29, 1.82) is 0 Å². The van der Waals surface area contributed by atoms with Crippen LogP contribution in [-0.2, 0) is 0 Å². The molecule has 0 amide bonds. The lowest BCUT2D eigenvalue weighted by atomic mass is 10.1. The number of hydrogen-bond acceptors (Lipinski definition) is 3. The minimum Gasteiger partial charge on any atom is -0.353 e. The standard InChI is InChI=1S/C16H18N4/c1-11(2)18-16-19-12(3)10-20(16)15-6-4-5-13-7-8-17-9-14(13)15/h4-11H,1-3H3,(H,18,19). The SMILES string of the molecule is Cc1cn(-c2cccc3ccncc23)c(NC(C)C)n1. The van der Waals surface area contributed by atoms with Crippen molar-refractivity contribution in [2.75, 3.05) is 5.32 Å². The summed E-state index contributed by atoms with van der Waals surface area (Å²) in [6.07, 6.45) is 5.77. The minimum atomic E-state index is 0.337. The van der Waals surface area contributed by atoms with Crippen LogP contribution in [0.4, 0.5) is 5.95 Å². The van der Waals surface area contributed by atoms with Crippen molar-refractivity contribution in [3.63, 3.8) is 0 Å². The van der Waals surface area contributed by atoms with E-state index in [1.807, 2.05) is 31.6 Å². The van der Waals surface area contributed by atoms with E-state index in [-0.39, 0.29) is 0 Å². The maximum absolute atomic E-state index is 4.57. The van der Waals surface area contributed by atoms with Crippen molar-refractivity contribution >= 4 is 16.7 Å². The van der Waals surface area contributed by atoms with Crippen LogP contribution in [0.25, 0.3) is 16.5 Å². The van der Waals surface area contributed by atoms with E-state index < -0.39 is 0 Å². The van der Waals surface area contributed by atoms with Crippen LogP contribution in [0.3, 0.4) is 0 Å². The number of anilines is 1. The van der Waals surface area contributed by atoms with Crippen molar-refractivity contribution < 1.29 is 0 Å². The first-order valence-corrected chi connectivity index (χ1v) is 6.81. The van der Waals surface area contributed by atoms with E-state index >= 15 is 0 Å². The maximum Gasteiger partial charge on any atom is 0.207 e. The number of hydrogen-bond donors (Lipinski definition) is 1. The summed E-state index contributed by atoms with van der Waals surface area (Å²) < 4.78 is 2.10. The lowest BCUT2D eigenvalue weighted by Gasteiger charge is -2.13. The molecule has 0 bridgehead atoms. The van der Waals surface area contributed by atoms with Crippen LogP contribution in [0, 0.1) is 6.92 Å². The third kappa shape index (κ3) is 2.25. The van der Waals surface area contributed by atoms with Crippen molar-refractivity contribution in [2.45, 2.75) is 26.8 Å². The predicted molar refractivity (Wildman–Crippen MR) is 82.4 cm³/mol. The summed E-state index contributed by atoms with van der Waals surface area (Å²) in [6, 6.07) is 8.62. The lowest BCUT2D eigenvalue weighted by Crippen LogP contribution is -2.14. The molecule has 2 heterocycles. The fourth-order valence-corrected chi connectivity index (χ4v) is 2.35. The Morgan fingerprint density at radius 1 is 1.20 bits per heavy atom. The summed E-state index contributed by atoms with van der Waals surface area (Å²) in [5, 5.41) is 5.69. The highest BCUT2D eigenvalue weighted by Gasteiger charge is 2.11. The third-order valence-electron chi connectivity index (χ3n) is 3.16. The number of aromatic nitrogens is 3. The molecule has 0 radical (unpaired) electrons. The molecule has 0 atom stereocenters. The second-order valence-corrected chi connectivity index (χ2v) is 5.25. The van der Waals surface area contributed by atoms with Gasteiger partial charge in [-0.3, -0.25) is 9.55 Å². The number of aryl methyl sites for hydroxylation is 1. The highest BCUT2D eigenvalue weighted by atomic mass is 15.2. The van der Waals surface area contributed by atoms with E-state index in [1.165, 1.54) is 5.39 Å². The minimum absolute atomic E-state index is 0.337. The van der Waals surface area contributed by atoms with Crippen molar-refractivity contribution in [2.24, 2.45) is 0 Å². The molecule has 102 valence electrons. The van der Waals surface area contributed by atoms with Gasteiger partial charge in [0, 0.05) is 30.0 Å². The van der Waals surface area contributed by atoms with Crippen LogP contribution in [0.15, 0.2) is 42.9 Å². The molecule has 1 aromatic carbocycles. The van der Waals surface area contributed by atoms with E-state index in [2.05, 4.69) is 51.9 Å². The fourth-order valence-electron chi connectivity index (χ4n) is 2.35. The van der Waals surface area contributed by atoms with E-state index in [4.69, 9.17) is 0 Å². The monoisotopic (exact) mass is 266 g/mol. The Balaban J connectivity index is 2.20. The zero-order chi connectivity index (χ0) is 14.1. The van der Waals surface area contributed by atoms with Gasteiger partial charge in [0.1, 0.15) is 0 Å². The Labute approximate surface area is 118 Å². The predicted octanol–water partition coefficient (Wildman–Crippen LogP) is 3.55. The lowest BCUT2D eigenvalue weighted by molar-refractivity contribution is 0.865.